The van der Waals surface area contributed by atoms with Crippen LogP contribution in [0, 0.1) is 0 Å². The van der Waals surface area contributed by atoms with Gasteiger partial charge in [-0.3, -0.25) is 4.79 Å². The highest BCUT2D eigenvalue weighted by atomic mass is 79.9. The van der Waals surface area contributed by atoms with E-state index in [2.05, 4.69) is 26.5 Å². The number of carbonyl (C=O) groups is 1. The first-order valence-electron chi connectivity index (χ1n) is 7.86. The molecule has 5 nitrogen and oxygen atoms in total. The number of benzene rings is 3. The maximum Gasteiger partial charge on any atom is 0.275 e. The number of hydrogen-bond donors (Lipinski definition) is 1. The second-order valence-electron chi connectivity index (χ2n) is 5.49. The summed E-state index contributed by atoms with van der Waals surface area (Å²) in [5.74, 6) is 0.809. The van der Waals surface area contributed by atoms with Gasteiger partial charge < -0.3 is 9.47 Å². The van der Waals surface area contributed by atoms with Crippen LogP contribution in [0.4, 0.5) is 0 Å². The number of fused-ring (bicyclic) bond motifs is 1. The number of methoxy groups -OCH3 is 2. The van der Waals surface area contributed by atoms with E-state index in [1.54, 1.807) is 13.2 Å². The van der Waals surface area contributed by atoms with Crippen LogP contribution in [-0.2, 0) is 0 Å². The molecule has 3 aromatic rings. The molecule has 0 aliphatic rings. The molecule has 6 heteroatoms. The lowest BCUT2D eigenvalue weighted by Crippen LogP contribution is -2.18. The fraction of sp³-hybridized carbons (Fsp3) is 0.100. The summed E-state index contributed by atoms with van der Waals surface area (Å²) < 4.78 is 11.5. The molecule has 26 heavy (non-hydrogen) atoms. The van der Waals surface area contributed by atoms with Gasteiger partial charge in [0.1, 0.15) is 11.5 Å². The molecule has 0 saturated carbocycles. The normalized spacial score (nSPS) is 10.9. The van der Waals surface area contributed by atoms with Crippen molar-refractivity contribution >= 4 is 38.8 Å². The summed E-state index contributed by atoms with van der Waals surface area (Å²) in [5, 5.41) is 6.00. The van der Waals surface area contributed by atoms with E-state index in [1.165, 1.54) is 13.3 Å². The first-order chi connectivity index (χ1) is 12.6. The molecule has 0 spiro atoms. The van der Waals surface area contributed by atoms with E-state index in [1.807, 2.05) is 48.5 Å². The molecule has 132 valence electrons. The molecule has 0 aliphatic heterocycles. The Kier molecular flexibility index (Phi) is 5.53. The van der Waals surface area contributed by atoms with Crippen molar-refractivity contribution in [3.05, 3.63) is 70.2 Å². The monoisotopic (exact) mass is 412 g/mol. The van der Waals surface area contributed by atoms with Gasteiger partial charge in [-0.25, -0.2) is 5.43 Å². The van der Waals surface area contributed by atoms with E-state index < -0.39 is 0 Å². The Bertz CT molecular complexity index is 986. The van der Waals surface area contributed by atoms with Crippen LogP contribution in [0.25, 0.3) is 10.8 Å². The maximum absolute atomic E-state index is 12.5. The molecule has 1 amide bonds. The van der Waals surface area contributed by atoms with Crippen molar-refractivity contribution < 1.29 is 14.3 Å². The van der Waals surface area contributed by atoms with Crippen LogP contribution in [0.3, 0.4) is 0 Å². The summed E-state index contributed by atoms with van der Waals surface area (Å²) in [5.41, 5.74) is 3.70. The lowest BCUT2D eigenvalue weighted by Gasteiger charge is -2.09. The Morgan fingerprint density at radius 2 is 1.69 bits per heavy atom. The summed E-state index contributed by atoms with van der Waals surface area (Å²) in [6, 6.07) is 17.0. The molecule has 3 rings (SSSR count). The minimum atomic E-state index is -0.349. The second-order valence-corrected chi connectivity index (χ2v) is 6.40. The molecule has 0 aliphatic carbocycles. The minimum absolute atomic E-state index is 0.349. The van der Waals surface area contributed by atoms with Crippen molar-refractivity contribution in [2.24, 2.45) is 5.10 Å². The third kappa shape index (κ3) is 3.86. The Labute approximate surface area is 159 Å². The number of hydrazone groups is 1. The number of nitrogens with one attached hydrogen (secondary N) is 1. The van der Waals surface area contributed by atoms with Crippen molar-refractivity contribution in [3.8, 4) is 11.5 Å². The van der Waals surface area contributed by atoms with Crippen LogP contribution in [0.1, 0.15) is 15.9 Å². The predicted octanol–water partition coefficient (Wildman–Crippen LogP) is 4.38. The van der Waals surface area contributed by atoms with Crippen molar-refractivity contribution in [1.29, 1.82) is 0 Å². The lowest BCUT2D eigenvalue weighted by atomic mass is 10.1. The lowest BCUT2D eigenvalue weighted by molar-refractivity contribution is 0.0952. The average Bonchev–Trinajstić information content (AvgIpc) is 2.67. The van der Waals surface area contributed by atoms with Crippen LogP contribution < -0.4 is 14.9 Å². The molecule has 0 unspecified atom stereocenters. The summed E-state index contributed by atoms with van der Waals surface area (Å²) in [7, 11) is 3.12. The van der Waals surface area contributed by atoms with Gasteiger partial charge in [-0.1, -0.05) is 40.2 Å². The molecule has 0 aromatic heterocycles. The molecule has 0 heterocycles. The second kappa shape index (κ2) is 8.01. The summed E-state index contributed by atoms with van der Waals surface area (Å²) in [6.07, 6.45) is 1.54. The fourth-order valence-electron chi connectivity index (χ4n) is 2.59. The van der Waals surface area contributed by atoms with Gasteiger partial charge in [0, 0.05) is 10.0 Å². The first-order valence-corrected chi connectivity index (χ1v) is 8.65. The summed E-state index contributed by atoms with van der Waals surface area (Å²) in [4.78, 5) is 12.5. The highest BCUT2D eigenvalue weighted by Gasteiger charge is 2.13. The molecule has 0 radical (unpaired) electrons. The Hall–Kier alpha value is -2.86. The average molecular weight is 413 g/mol. The fourth-order valence-corrected chi connectivity index (χ4v) is 2.97. The molecule has 0 saturated heterocycles. The van der Waals surface area contributed by atoms with Crippen molar-refractivity contribution in [2.75, 3.05) is 14.2 Å². The highest BCUT2D eigenvalue weighted by molar-refractivity contribution is 9.10. The standard InChI is InChI=1S/C20H17BrN2O3/c1-25-18-8-7-16(21)9-15(18)12-22-23-20(24)17-10-13-5-3-4-6-14(13)11-19(17)26-2/h3-12H,1-2H3,(H,23,24)/b22-12+. The SMILES string of the molecule is COc1ccc(Br)cc1/C=N/NC(=O)c1cc2ccccc2cc1OC. The molecule has 0 atom stereocenters. The van der Waals surface area contributed by atoms with Gasteiger partial charge >= 0.3 is 0 Å². The number of nitrogens with zero attached hydrogens (tertiary/aromatic N) is 1. The Morgan fingerprint density at radius 1 is 1.00 bits per heavy atom. The zero-order valence-corrected chi connectivity index (χ0v) is 15.9. The largest absolute Gasteiger partial charge is 0.496 e. The van der Waals surface area contributed by atoms with Gasteiger partial charge in [-0.05, 0) is 41.1 Å². The Morgan fingerprint density at radius 3 is 2.38 bits per heavy atom. The topological polar surface area (TPSA) is 59.9 Å². The van der Waals surface area contributed by atoms with E-state index in [-0.39, 0.29) is 5.91 Å². The zero-order chi connectivity index (χ0) is 18.5. The Balaban J connectivity index is 1.84. The van der Waals surface area contributed by atoms with E-state index in [0.29, 0.717) is 17.1 Å². The van der Waals surface area contributed by atoms with Crippen molar-refractivity contribution in [2.45, 2.75) is 0 Å². The molecule has 0 fully saturated rings. The van der Waals surface area contributed by atoms with Gasteiger partial charge in [0.2, 0.25) is 0 Å². The summed E-state index contributed by atoms with van der Waals surface area (Å²) in [6.45, 7) is 0. The van der Waals surface area contributed by atoms with E-state index >= 15 is 0 Å². The van der Waals surface area contributed by atoms with Crippen LogP contribution in [0.15, 0.2) is 64.2 Å². The number of amides is 1. The van der Waals surface area contributed by atoms with Gasteiger partial charge in [0.15, 0.2) is 0 Å². The molecular formula is C20H17BrN2O3. The van der Waals surface area contributed by atoms with Crippen molar-refractivity contribution in [1.82, 2.24) is 5.43 Å². The van der Waals surface area contributed by atoms with Crippen LogP contribution in [0.2, 0.25) is 0 Å². The van der Waals surface area contributed by atoms with Gasteiger partial charge in [0.05, 0.1) is 26.0 Å². The smallest absolute Gasteiger partial charge is 0.275 e. The number of hydrogen-bond acceptors (Lipinski definition) is 4. The third-order valence-electron chi connectivity index (χ3n) is 3.87. The highest BCUT2D eigenvalue weighted by Crippen LogP contribution is 2.26. The number of halogens is 1. The van der Waals surface area contributed by atoms with Crippen LogP contribution in [-0.4, -0.2) is 26.3 Å². The van der Waals surface area contributed by atoms with Gasteiger partial charge in [-0.2, -0.15) is 5.10 Å². The first kappa shape index (κ1) is 17.9. The van der Waals surface area contributed by atoms with Crippen LogP contribution in [0.5, 0.6) is 11.5 Å². The number of carbonyl (C=O) groups excluding carboxylic acids is 1. The van der Waals surface area contributed by atoms with Gasteiger partial charge in [0.25, 0.3) is 5.91 Å². The minimum Gasteiger partial charge on any atom is -0.496 e. The van der Waals surface area contributed by atoms with E-state index in [4.69, 9.17) is 9.47 Å². The molecular weight excluding hydrogens is 396 g/mol. The molecule has 0 bridgehead atoms. The molecule has 3 aromatic carbocycles. The molecule has 1 N–H and O–H groups in total. The quantitative estimate of drug-likeness (QED) is 0.499. The van der Waals surface area contributed by atoms with Crippen LogP contribution >= 0.6 is 15.9 Å². The summed E-state index contributed by atoms with van der Waals surface area (Å²) >= 11 is 3.40. The van der Waals surface area contributed by atoms with Crippen molar-refractivity contribution in [3.63, 3.8) is 0 Å². The zero-order valence-electron chi connectivity index (χ0n) is 14.3. The number of ether oxygens (including phenoxy) is 2. The number of rotatable bonds is 5. The van der Waals surface area contributed by atoms with E-state index in [0.717, 1.165) is 20.8 Å². The predicted molar refractivity (Wildman–Crippen MR) is 106 cm³/mol. The maximum atomic E-state index is 12.5. The third-order valence-corrected chi connectivity index (χ3v) is 4.37. The van der Waals surface area contributed by atoms with Gasteiger partial charge in [-0.15, -0.1) is 0 Å². The van der Waals surface area contributed by atoms with E-state index in [9.17, 15) is 4.79 Å².